The SMILES string of the molecule is O=C(O)c1c(CSc2ccccn2)oc2ccccc12. The van der Waals surface area contributed by atoms with Crippen molar-refractivity contribution in [2.24, 2.45) is 0 Å². The Morgan fingerprint density at radius 2 is 2.00 bits per heavy atom. The maximum absolute atomic E-state index is 11.4. The number of hydrogen-bond acceptors (Lipinski definition) is 4. The van der Waals surface area contributed by atoms with Crippen LogP contribution in [-0.4, -0.2) is 16.1 Å². The molecule has 3 rings (SSSR count). The van der Waals surface area contributed by atoms with Crippen LogP contribution < -0.4 is 0 Å². The first-order valence-corrected chi connectivity index (χ1v) is 7.02. The predicted octanol–water partition coefficient (Wildman–Crippen LogP) is 3.82. The van der Waals surface area contributed by atoms with Crippen LogP contribution in [0, 0.1) is 0 Å². The van der Waals surface area contributed by atoms with Crippen molar-refractivity contribution in [3.63, 3.8) is 0 Å². The average Bonchev–Trinajstić information content (AvgIpc) is 2.84. The highest BCUT2D eigenvalue weighted by Gasteiger charge is 2.19. The van der Waals surface area contributed by atoms with Gasteiger partial charge in [0, 0.05) is 11.6 Å². The van der Waals surface area contributed by atoms with Gasteiger partial charge in [-0.1, -0.05) is 36.0 Å². The molecule has 2 heterocycles. The number of para-hydroxylation sites is 1. The summed E-state index contributed by atoms with van der Waals surface area (Å²) in [6.45, 7) is 0. The van der Waals surface area contributed by atoms with Crippen LogP contribution in [-0.2, 0) is 5.75 Å². The Morgan fingerprint density at radius 1 is 1.20 bits per heavy atom. The van der Waals surface area contributed by atoms with Crippen LogP contribution in [0.4, 0.5) is 0 Å². The van der Waals surface area contributed by atoms with E-state index in [0.29, 0.717) is 22.5 Å². The fraction of sp³-hybridized carbons (Fsp3) is 0.0667. The topological polar surface area (TPSA) is 63.3 Å². The van der Waals surface area contributed by atoms with Crippen molar-refractivity contribution in [3.8, 4) is 0 Å². The fourth-order valence-electron chi connectivity index (χ4n) is 2.00. The van der Waals surface area contributed by atoms with Crippen molar-refractivity contribution in [3.05, 3.63) is 60.0 Å². The zero-order valence-corrected chi connectivity index (χ0v) is 11.3. The molecule has 0 atom stereocenters. The summed E-state index contributed by atoms with van der Waals surface area (Å²) in [6.07, 6.45) is 1.71. The molecular weight excluding hydrogens is 274 g/mol. The number of carbonyl (C=O) groups is 1. The Hall–Kier alpha value is -2.27. The summed E-state index contributed by atoms with van der Waals surface area (Å²) in [7, 11) is 0. The summed E-state index contributed by atoms with van der Waals surface area (Å²) in [6, 6.07) is 12.8. The van der Waals surface area contributed by atoms with E-state index in [1.165, 1.54) is 11.8 Å². The van der Waals surface area contributed by atoms with E-state index >= 15 is 0 Å². The summed E-state index contributed by atoms with van der Waals surface area (Å²) in [5.41, 5.74) is 0.838. The van der Waals surface area contributed by atoms with Crippen molar-refractivity contribution >= 4 is 28.7 Å². The molecule has 1 aromatic carbocycles. The van der Waals surface area contributed by atoms with Crippen molar-refractivity contribution in [2.45, 2.75) is 10.8 Å². The summed E-state index contributed by atoms with van der Waals surface area (Å²) >= 11 is 1.45. The minimum atomic E-state index is -0.966. The fourth-order valence-corrected chi connectivity index (χ4v) is 2.80. The molecule has 0 amide bonds. The van der Waals surface area contributed by atoms with Gasteiger partial charge in [-0.15, -0.1) is 0 Å². The van der Waals surface area contributed by atoms with Crippen LogP contribution in [0.1, 0.15) is 16.1 Å². The second kappa shape index (κ2) is 5.38. The maximum Gasteiger partial charge on any atom is 0.339 e. The normalized spacial score (nSPS) is 10.8. The lowest BCUT2D eigenvalue weighted by molar-refractivity contribution is 0.0697. The second-order valence-corrected chi connectivity index (χ2v) is 5.15. The van der Waals surface area contributed by atoms with E-state index in [-0.39, 0.29) is 5.56 Å². The van der Waals surface area contributed by atoms with Crippen LogP contribution in [0.25, 0.3) is 11.0 Å². The minimum absolute atomic E-state index is 0.240. The molecule has 0 aliphatic carbocycles. The monoisotopic (exact) mass is 285 g/mol. The van der Waals surface area contributed by atoms with Gasteiger partial charge in [-0.2, -0.15) is 0 Å². The molecule has 3 aromatic rings. The number of carboxylic acids is 1. The zero-order valence-electron chi connectivity index (χ0n) is 10.4. The van der Waals surface area contributed by atoms with E-state index in [4.69, 9.17) is 4.42 Å². The predicted molar refractivity (Wildman–Crippen MR) is 77.0 cm³/mol. The number of nitrogens with zero attached hydrogens (tertiary/aromatic N) is 1. The van der Waals surface area contributed by atoms with E-state index in [9.17, 15) is 9.90 Å². The maximum atomic E-state index is 11.4. The summed E-state index contributed by atoms with van der Waals surface area (Å²) in [5.74, 6) is -0.0613. The number of furan rings is 1. The largest absolute Gasteiger partial charge is 0.478 e. The van der Waals surface area contributed by atoms with Crippen LogP contribution >= 0.6 is 11.8 Å². The number of hydrogen-bond donors (Lipinski definition) is 1. The third-order valence-corrected chi connectivity index (χ3v) is 3.81. The molecule has 100 valence electrons. The lowest BCUT2D eigenvalue weighted by Gasteiger charge is -1.99. The number of rotatable bonds is 4. The molecule has 0 bridgehead atoms. The van der Waals surface area contributed by atoms with E-state index in [2.05, 4.69) is 4.98 Å². The molecule has 20 heavy (non-hydrogen) atoms. The van der Waals surface area contributed by atoms with E-state index in [1.807, 2.05) is 24.3 Å². The first kappa shape index (κ1) is 12.7. The third-order valence-electron chi connectivity index (χ3n) is 2.87. The summed E-state index contributed by atoms with van der Waals surface area (Å²) < 4.78 is 5.65. The lowest BCUT2D eigenvalue weighted by atomic mass is 10.1. The van der Waals surface area contributed by atoms with Gasteiger partial charge in [0.2, 0.25) is 0 Å². The van der Waals surface area contributed by atoms with Gasteiger partial charge in [-0.25, -0.2) is 9.78 Å². The van der Waals surface area contributed by atoms with Gasteiger partial charge in [-0.3, -0.25) is 0 Å². The number of fused-ring (bicyclic) bond motifs is 1. The van der Waals surface area contributed by atoms with Gasteiger partial charge >= 0.3 is 5.97 Å². The molecule has 0 aliphatic rings. The molecule has 0 saturated heterocycles. The number of pyridine rings is 1. The van der Waals surface area contributed by atoms with Crippen LogP contribution in [0.2, 0.25) is 0 Å². The van der Waals surface area contributed by atoms with E-state index in [0.717, 1.165) is 5.03 Å². The number of aromatic carboxylic acids is 1. The lowest BCUT2D eigenvalue weighted by Crippen LogP contribution is -1.98. The van der Waals surface area contributed by atoms with E-state index in [1.54, 1.807) is 24.4 Å². The smallest absolute Gasteiger partial charge is 0.339 e. The van der Waals surface area contributed by atoms with Crippen molar-refractivity contribution in [2.75, 3.05) is 0 Å². The van der Waals surface area contributed by atoms with Crippen LogP contribution in [0.15, 0.2) is 58.1 Å². The van der Waals surface area contributed by atoms with Crippen LogP contribution in [0.5, 0.6) is 0 Å². The van der Waals surface area contributed by atoms with Gasteiger partial charge < -0.3 is 9.52 Å². The molecule has 0 saturated carbocycles. The number of thioether (sulfide) groups is 1. The highest BCUT2D eigenvalue weighted by atomic mass is 32.2. The van der Waals surface area contributed by atoms with E-state index < -0.39 is 5.97 Å². The number of benzene rings is 1. The highest BCUT2D eigenvalue weighted by Crippen LogP contribution is 2.30. The molecule has 5 heteroatoms. The Labute approximate surface area is 119 Å². The van der Waals surface area contributed by atoms with Gasteiger partial charge in [-0.05, 0) is 18.2 Å². The Balaban J connectivity index is 1.95. The molecule has 1 N–H and O–H groups in total. The molecular formula is C15H11NO3S. The average molecular weight is 285 g/mol. The number of aromatic nitrogens is 1. The highest BCUT2D eigenvalue weighted by molar-refractivity contribution is 7.98. The molecule has 4 nitrogen and oxygen atoms in total. The molecule has 0 radical (unpaired) electrons. The van der Waals surface area contributed by atoms with Crippen molar-refractivity contribution < 1.29 is 14.3 Å². The van der Waals surface area contributed by atoms with Gasteiger partial charge in [0.25, 0.3) is 0 Å². The molecule has 0 aliphatic heterocycles. The Bertz CT molecular complexity index is 752. The quantitative estimate of drug-likeness (QED) is 0.738. The van der Waals surface area contributed by atoms with Gasteiger partial charge in [0.1, 0.15) is 16.9 Å². The second-order valence-electron chi connectivity index (χ2n) is 4.16. The Kier molecular flexibility index (Phi) is 3.43. The first-order chi connectivity index (χ1) is 9.75. The molecule has 0 fully saturated rings. The van der Waals surface area contributed by atoms with Crippen LogP contribution in [0.3, 0.4) is 0 Å². The molecule has 0 unspecified atom stereocenters. The zero-order chi connectivity index (χ0) is 13.9. The molecule has 2 aromatic heterocycles. The van der Waals surface area contributed by atoms with Gasteiger partial charge in [0.15, 0.2) is 0 Å². The molecule has 0 spiro atoms. The minimum Gasteiger partial charge on any atom is -0.478 e. The Morgan fingerprint density at radius 3 is 2.75 bits per heavy atom. The first-order valence-electron chi connectivity index (χ1n) is 6.03. The van der Waals surface area contributed by atoms with Crippen molar-refractivity contribution in [1.29, 1.82) is 0 Å². The summed E-state index contributed by atoms with van der Waals surface area (Å²) in [4.78, 5) is 15.6. The number of carboxylic acid groups (broad SMARTS) is 1. The van der Waals surface area contributed by atoms with Crippen molar-refractivity contribution in [1.82, 2.24) is 4.98 Å². The third kappa shape index (κ3) is 2.40. The summed E-state index contributed by atoms with van der Waals surface area (Å²) in [5, 5.41) is 10.8. The standard InChI is InChI=1S/C15H11NO3S/c17-15(18)14-10-5-1-2-6-11(10)19-12(14)9-20-13-7-3-4-8-16-13/h1-8H,9H2,(H,17,18). The van der Waals surface area contributed by atoms with Gasteiger partial charge in [0.05, 0.1) is 10.8 Å².